The van der Waals surface area contributed by atoms with Crippen LogP contribution in [0.15, 0.2) is 29.6 Å². The largest absolute Gasteiger partial charge is 0.368 e. The summed E-state index contributed by atoms with van der Waals surface area (Å²) in [5.41, 5.74) is 1.87. The van der Waals surface area contributed by atoms with E-state index in [1.54, 1.807) is 11.3 Å². The van der Waals surface area contributed by atoms with Crippen molar-refractivity contribution in [3.63, 3.8) is 0 Å². The SMILES string of the molecule is CCN1CCC[C@@H]1CNc1nc2cc(-c3nn[nH]n3)ccc2c2sccc12. The Bertz CT molecular complexity index is 1070. The Morgan fingerprint density at radius 1 is 1.30 bits per heavy atom. The molecule has 5 rings (SSSR count). The molecule has 0 spiro atoms. The zero-order valence-corrected chi connectivity index (χ0v) is 16.0. The van der Waals surface area contributed by atoms with Crippen molar-refractivity contribution in [3.8, 4) is 11.4 Å². The van der Waals surface area contributed by atoms with E-state index in [0.29, 0.717) is 11.9 Å². The fraction of sp³-hybridized carbons (Fsp3) is 0.368. The molecule has 8 heteroatoms. The molecule has 0 bridgehead atoms. The molecule has 0 radical (unpaired) electrons. The quantitative estimate of drug-likeness (QED) is 0.552. The molecule has 1 saturated heterocycles. The van der Waals surface area contributed by atoms with Gasteiger partial charge in [0.2, 0.25) is 5.82 Å². The summed E-state index contributed by atoms with van der Waals surface area (Å²) in [6, 6.07) is 8.92. The number of H-pyrrole nitrogens is 1. The fourth-order valence-corrected chi connectivity index (χ4v) is 4.95. The first-order chi connectivity index (χ1) is 13.3. The molecule has 27 heavy (non-hydrogen) atoms. The van der Waals surface area contributed by atoms with E-state index in [2.05, 4.69) is 55.3 Å². The Kier molecular flexibility index (Phi) is 4.21. The summed E-state index contributed by atoms with van der Waals surface area (Å²) in [6.45, 7) is 5.49. The number of pyridine rings is 1. The molecule has 2 N–H and O–H groups in total. The minimum atomic E-state index is 0.587. The maximum atomic E-state index is 4.95. The number of nitrogens with zero attached hydrogens (tertiary/aromatic N) is 5. The first-order valence-electron chi connectivity index (χ1n) is 9.36. The maximum absolute atomic E-state index is 4.95. The van der Waals surface area contributed by atoms with Crippen LogP contribution in [0.3, 0.4) is 0 Å². The molecule has 0 saturated carbocycles. The van der Waals surface area contributed by atoms with E-state index in [1.165, 1.54) is 29.5 Å². The number of hydrogen-bond acceptors (Lipinski definition) is 7. The highest BCUT2D eigenvalue weighted by atomic mass is 32.1. The molecule has 3 aromatic heterocycles. The van der Waals surface area contributed by atoms with Gasteiger partial charge in [0.25, 0.3) is 0 Å². The summed E-state index contributed by atoms with van der Waals surface area (Å²) >= 11 is 1.76. The van der Waals surface area contributed by atoms with Crippen molar-refractivity contribution in [2.45, 2.75) is 25.8 Å². The van der Waals surface area contributed by atoms with E-state index in [9.17, 15) is 0 Å². The van der Waals surface area contributed by atoms with Crippen molar-refractivity contribution >= 4 is 38.1 Å². The van der Waals surface area contributed by atoms with Crippen molar-refractivity contribution in [2.75, 3.05) is 25.0 Å². The molecule has 1 atom stereocenters. The standard InChI is InChI=1S/C19H21N7S/c1-2-26-8-3-4-13(26)11-20-19-15-7-9-27-17(15)14-6-5-12(10-16(14)21-19)18-22-24-25-23-18/h5-7,9-10,13H,2-4,8,11H2,1H3,(H,20,21)(H,22,23,24,25)/t13-/m1/s1. The lowest BCUT2D eigenvalue weighted by molar-refractivity contribution is 0.277. The fourth-order valence-electron chi connectivity index (χ4n) is 4.02. The van der Waals surface area contributed by atoms with Crippen LogP contribution in [0.25, 0.3) is 32.4 Å². The van der Waals surface area contributed by atoms with Crippen LogP contribution in [0.5, 0.6) is 0 Å². The van der Waals surface area contributed by atoms with Crippen LogP contribution in [0.2, 0.25) is 0 Å². The normalized spacial score (nSPS) is 17.9. The Labute approximate surface area is 160 Å². The smallest absolute Gasteiger partial charge is 0.204 e. The van der Waals surface area contributed by atoms with Gasteiger partial charge in [-0.25, -0.2) is 4.98 Å². The van der Waals surface area contributed by atoms with Crippen molar-refractivity contribution in [1.82, 2.24) is 30.5 Å². The van der Waals surface area contributed by atoms with E-state index < -0.39 is 0 Å². The predicted molar refractivity (Wildman–Crippen MR) is 109 cm³/mol. The Morgan fingerprint density at radius 2 is 2.26 bits per heavy atom. The van der Waals surface area contributed by atoms with Gasteiger partial charge in [0, 0.05) is 33.6 Å². The number of likely N-dealkylation sites (tertiary alicyclic amines) is 1. The van der Waals surface area contributed by atoms with Crippen LogP contribution in [0, 0.1) is 0 Å². The molecule has 0 aliphatic carbocycles. The van der Waals surface area contributed by atoms with Crippen molar-refractivity contribution < 1.29 is 0 Å². The molecule has 4 heterocycles. The number of tetrazole rings is 1. The van der Waals surface area contributed by atoms with E-state index in [4.69, 9.17) is 4.98 Å². The second-order valence-corrected chi connectivity index (χ2v) is 7.81. The number of rotatable bonds is 5. The highest BCUT2D eigenvalue weighted by molar-refractivity contribution is 7.18. The number of fused-ring (bicyclic) bond motifs is 3. The zero-order chi connectivity index (χ0) is 18.2. The van der Waals surface area contributed by atoms with Crippen LogP contribution in [-0.2, 0) is 0 Å². The summed E-state index contributed by atoms with van der Waals surface area (Å²) in [4.78, 5) is 7.50. The van der Waals surface area contributed by atoms with E-state index in [1.807, 2.05) is 12.1 Å². The minimum Gasteiger partial charge on any atom is -0.368 e. The van der Waals surface area contributed by atoms with Gasteiger partial charge in [-0.1, -0.05) is 19.1 Å². The van der Waals surface area contributed by atoms with Crippen LogP contribution >= 0.6 is 11.3 Å². The molecule has 1 aliphatic rings. The first kappa shape index (κ1) is 16.6. The molecular formula is C19H21N7S. The van der Waals surface area contributed by atoms with Crippen molar-refractivity contribution in [3.05, 3.63) is 29.6 Å². The van der Waals surface area contributed by atoms with E-state index in [0.717, 1.165) is 35.4 Å². The van der Waals surface area contributed by atoms with Crippen molar-refractivity contribution in [1.29, 1.82) is 0 Å². The Balaban J connectivity index is 1.53. The third-order valence-electron chi connectivity index (χ3n) is 5.41. The topological polar surface area (TPSA) is 82.6 Å². The maximum Gasteiger partial charge on any atom is 0.204 e. The third-order valence-corrected chi connectivity index (χ3v) is 6.36. The van der Waals surface area contributed by atoms with Crippen LogP contribution in [0.4, 0.5) is 5.82 Å². The van der Waals surface area contributed by atoms with Gasteiger partial charge < -0.3 is 5.32 Å². The van der Waals surface area contributed by atoms with Gasteiger partial charge in [-0.2, -0.15) is 5.21 Å². The van der Waals surface area contributed by atoms with Gasteiger partial charge in [0.05, 0.1) is 5.52 Å². The molecular weight excluding hydrogens is 358 g/mol. The Morgan fingerprint density at radius 3 is 3.11 bits per heavy atom. The number of thiophene rings is 1. The second kappa shape index (κ2) is 6.86. The van der Waals surface area contributed by atoms with Crippen molar-refractivity contribution in [2.24, 2.45) is 0 Å². The lowest BCUT2D eigenvalue weighted by Crippen LogP contribution is -2.34. The lowest BCUT2D eigenvalue weighted by Gasteiger charge is -2.23. The van der Waals surface area contributed by atoms with E-state index in [-0.39, 0.29) is 0 Å². The molecule has 4 aromatic rings. The number of benzene rings is 1. The third kappa shape index (κ3) is 2.94. The van der Waals surface area contributed by atoms with Gasteiger partial charge in [0.1, 0.15) is 5.82 Å². The minimum absolute atomic E-state index is 0.587. The number of hydrogen-bond donors (Lipinski definition) is 2. The highest BCUT2D eigenvalue weighted by Gasteiger charge is 2.23. The zero-order valence-electron chi connectivity index (χ0n) is 15.1. The number of nitrogens with one attached hydrogen (secondary N) is 2. The molecule has 138 valence electrons. The molecule has 0 unspecified atom stereocenters. The first-order valence-corrected chi connectivity index (χ1v) is 10.2. The van der Waals surface area contributed by atoms with Gasteiger partial charge in [0.15, 0.2) is 0 Å². The van der Waals surface area contributed by atoms with E-state index >= 15 is 0 Å². The molecule has 1 aliphatic heterocycles. The average Bonchev–Trinajstić information content (AvgIpc) is 3.46. The highest BCUT2D eigenvalue weighted by Crippen LogP contribution is 2.35. The second-order valence-electron chi connectivity index (χ2n) is 6.90. The van der Waals surface area contributed by atoms with Gasteiger partial charge in [-0.3, -0.25) is 4.90 Å². The number of anilines is 1. The molecule has 0 amide bonds. The predicted octanol–water partition coefficient (Wildman–Crippen LogP) is 3.53. The average molecular weight is 379 g/mol. The summed E-state index contributed by atoms with van der Waals surface area (Å²) in [5, 5.41) is 22.4. The molecule has 1 aromatic carbocycles. The molecule has 7 nitrogen and oxygen atoms in total. The Hall–Kier alpha value is -2.58. The summed E-state index contributed by atoms with van der Waals surface area (Å²) in [6.07, 6.45) is 2.54. The number of aromatic amines is 1. The summed E-state index contributed by atoms with van der Waals surface area (Å²) < 4.78 is 1.26. The van der Waals surface area contributed by atoms with Crippen LogP contribution < -0.4 is 5.32 Å². The summed E-state index contributed by atoms with van der Waals surface area (Å²) in [5.74, 6) is 1.55. The number of aromatic nitrogens is 5. The van der Waals surface area contributed by atoms with Gasteiger partial charge in [-0.15, -0.1) is 21.5 Å². The molecule has 1 fully saturated rings. The van der Waals surface area contributed by atoms with Crippen LogP contribution in [0.1, 0.15) is 19.8 Å². The summed E-state index contributed by atoms with van der Waals surface area (Å²) in [7, 11) is 0. The number of likely N-dealkylation sites (N-methyl/N-ethyl adjacent to an activating group) is 1. The van der Waals surface area contributed by atoms with Gasteiger partial charge >= 0.3 is 0 Å². The van der Waals surface area contributed by atoms with Gasteiger partial charge in [-0.05, 0) is 48.7 Å². The lowest BCUT2D eigenvalue weighted by atomic mass is 10.1. The monoisotopic (exact) mass is 379 g/mol. The van der Waals surface area contributed by atoms with Crippen LogP contribution in [-0.4, -0.2) is 56.2 Å².